The average Bonchev–Trinajstić information content (AvgIpc) is 2.84. The molecule has 120 valence electrons. The SMILES string of the molecule is COCC(NC(=O)NCCC(O)C(C)C)c1ccc(C)o1. The number of aryl methyl sites for hydroxylation is 1. The van der Waals surface area contributed by atoms with E-state index < -0.39 is 6.10 Å². The normalized spacial score (nSPS) is 14.0. The molecule has 1 rings (SSSR count). The Labute approximate surface area is 125 Å². The van der Waals surface area contributed by atoms with Crippen LogP contribution in [-0.2, 0) is 4.74 Å². The van der Waals surface area contributed by atoms with Crippen molar-refractivity contribution in [1.82, 2.24) is 10.6 Å². The van der Waals surface area contributed by atoms with Crippen molar-refractivity contribution >= 4 is 6.03 Å². The molecule has 0 aromatic carbocycles. The van der Waals surface area contributed by atoms with E-state index in [1.807, 2.05) is 32.9 Å². The lowest BCUT2D eigenvalue weighted by Crippen LogP contribution is -2.40. The molecule has 2 unspecified atom stereocenters. The number of furan rings is 1. The van der Waals surface area contributed by atoms with E-state index in [0.29, 0.717) is 25.3 Å². The van der Waals surface area contributed by atoms with Crippen molar-refractivity contribution < 1.29 is 19.1 Å². The Balaban J connectivity index is 2.42. The third-order valence-corrected chi connectivity index (χ3v) is 3.24. The summed E-state index contributed by atoms with van der Waals surface area (Å²) in [5.41, 5.74) is 0. The molecule has 0 radical (unpaired) electrons. The van der Waals surface area contributed by atoms with Crippen LogP contribution in [0.15, 0.2) is 16.5 Å². The van der Waals surface area contributed by atoms with Crippen LogP contribution in [0.3, 0.4) is 0 Å². The molecule has 0 spiro atoms. The maximum atomic E-state index is 11.9. The number of methoxy groups -OCH3 is 1. The maximum absolute atomic E-state index is 11.9. The van der Waals surface area contributed by atoms with Gasteiger partial charge in [0.05, 0.1) is 12.7 Å². The molecule has 6 nitrogen and oxygen atoms in total. The fourth-order valence-corrected chi connectivity index (χ4v) is 1.88. The lowest BCUT2D eigenvalue weighted by molar-refractivity contribution is 0.116. The van der Waals surface area contributed by atoms with Gasteiger partial charge in [0.1, 0.15) is 17.6 Å². The van der Waals surface area contributed by atoms with Gasteiger partial charge >= 0.3 is 6.03 Å². The minimum atomic E-state index is -0.409. The van der Waals surface area contributed by atoms with Crippen LogP contribution in [0.2, 0.25) is 0 Å². The van der Waals surface area contributed by atoms with Crippen LogP contribution in [0.25, 0.3) is 0 Å². The highest BCUT2D eigenvalue weighted by Crippen LogP contribution is 2.16. The summed E-state index contributed by atoms with van der Waals surface area (Å²) < 4.78 is 10.6. The number of hydrogen-bond acceptors (Lipinski definition) is 4. The minimum Gasteiger partial charge on any atom is -0.464 e. The molecule has 2 amide bonds. The summed E-state index contributed by atoms with van der Waals surface area (Å²) in [5.74, 6) is 1.63. The summed E-state index contributed by atoms with van der Waals surface area (Å²) in [4.78, 5) is 11.9. The van der Waals surface area contributed by atoms with Crippen molar-refractivity contribution in [3.63, 3.8) is 0 Å². The number of aliphatic hydroxyl groups is 1. The summed E-state index contributed by atoms with van der Waals surface area (Å²) in [5, 5.41) is 15.2. The Kier molecular flexibility index (Phi) is 7.25. The van der Waals surface area contributed by atoms with Gasteiger partial charge in [-0.2, -0.15) is 0 Å². The van der Waals surface area contributed by atoms with E-state index >= 15 is 0 Å². The molecule has 1 aromatic rings. The second-order valence-electron chi connectivity index (χ2n) is 5.46. The molecular formula is C15H26N2O4. The Bertz CT molecular complexity index is 431. The van der Waals surface area contributed by atoms with E-state index in [1.54, 1.807) is 7.11 Å². The first kappa shape index (κ1) is 17.5. The maximum Gasteiger partial charge on any atom is 0.315 e. The minimum absolute atomic E-state index is 0.183. The van der Waals surface area contributed by atoms with Crippen LogP contribution in [-0.4, -0.2) is 37.5 Å². The number of carbonyl (C=O) groups excluding carboxylic acids is 1. The number of carbonyl (C=O) groups is 1. The lowest BCUT2D eigenvalue weighted by atomic mass is 10.0. The molecule has 1 aromatic heterocycles. The predicted octanol–water partition coefficient (Wildman–Crippen LogP) is 1.98. The molecule has 0 fully saturated rings. The van der Waals surface area contributed by atoms with E-state index in [0.717, 1.165) is 5.76 Å². The first-order valence-corrected chi connectivity index (χ1v) is 7.21. The smallest absolute Gasteiger partial charge is 0.315 e. The van der Waals surface area contributed by atoms with Crippen molar-refractivity contribution in [2.45, 2.75) is 39.3 Å². The zero-order chi connectivity index (χ0) is 15.8. The Morgan fingerprint density at radius 2 is 2.14 bits per heavy atom. The van der Waals surface area contributed by atoms with Gasteiger partial charge in [0.25, 0.3) is 0 Å². The van der Waals surface area contributed by atoms with E-state index in [2.05, 4.69) is 10.6 Å². The van der Waals surface area contributed by atoms with Gasteiger partial charge in [0.15, 0.2) is 0 Å². The third kappa shape index (κ3) is 6.18. The van der Waals surface area contributed by atoms with Crippen LogP contribution in [0, 0.1) is 12.8 Å². The second-order valence-corrected chi connectivity index (χ2v) is 5.46. The van der Waals surface area contributed by atoms with E-state index in [1.165, 1.54) is 0 Å². The number of amides is 2. The van der Waals surface area contributed by atoms with Crippen LogP contribution >= 0.6 is 0 Å². The number of nitrogens with one attached hydrogen (secondary N) is 2. The van der Waals surface area contributed by atoms with Gasteiger partial charge in [0, 0.05) is 13.7 Å². The van der Waals surface area contributed by atoms with Crippen molar-refractivity contribution in [3.8, 4) is 0 Å². The summed E-state index contributed by atoms with van der Waals surface area (Å²) in [7, 11) is 1.57. The Morgan fingerprint density at radius 3 is 2.67 bits per heavy atom. The van der Waals surface area contributed by atoms with Gasteiger partial charge in [0.2, 0.25) is 0 Å². The van der Waals surface area contributed by atoms with Gasteiger partial charge in [-0.25, -0.2) is 4.79 Å². The quantitative estimate of drug-likeness (QED) is 0.685. The fraction of sp³-hybridized carbons (Fsp3) is 0.667. The molecule has 6 heteroatoms. The average molecular weight is 298 g/mol. The molecule has 0 bridgehead atoms. The monoisotopic (exact) mass is 298 g/mol. The molecule has 1 heterocycles. The zero-order valence-electron chi connectivity index (χ0n) is 13.2. The summed E-state index contributed by atoms with van der Waals surface area (Å²) in [6.45, 7) is 6.48. The van der Waals surface area contributed by atoms with E-state index in [-0.39, 0.29) is 18.0 Å². The van der Waals surface area contributed by atoms with Gasteiger partial charge in [-0.1, -0.05) is 13.8 Å². The largest absolute Gasteiger partial charge is 0.464 e. The van der Waals surface area contributed by atoms with Crippen LogP contribution < -0.4 is 10.6 Å². The van der Waals surface area contributed by atoms with Gasteiger partial charge in [-0.05, 0) is 31.4 Å². The standard InChI is InChI=1S/C15H26N2O4/c1-10(2)13(18)7-8-16-15(19)17-12(9-20-4)14-6-5-11(3)21-14/h5-6,10,12-13,18H,7-9H2,1-4H3,(H2,16,17,19). The van der Waals surface area contributed by atoms with Crippen molar-refractivity contribution in [1.29, 1.82) is 0 Å². The van der Waals surface area contributed by atoms with Crippen LogP contribution in [0.1, 0.15) is 37.8 Å². The van der Waals surface area contributed by atoms with Crippen LogP contribution in [0.5, 0.6) is 0 Å². The van der Waals surface area contributed by atoms with E-state index in [9.17, 15) is 9.90 Å². The highest BCUT2D eigenvalue weighted by molar-refractivity contribution is 5.74. The van der Waals surface area contributed by atoms with Gasteiger partial charge < -0.3 is 24.9 Å². The lowest BCUT2D eigenvalue weighted by Gasteiger charge is -2.18. The molecule has 3 N–H and O–H groups in total. The molecule has 0 aliphatic heterocycles. The van der Waals surface area contributed by atoms with Crippen molar-refractivity contribution in [2.24, 2.45) is 5.92 Å². The van der Waals surface area contributed by atoms with Gasteiger partial charge in [-0.15, -0.1) is 0 Å². The number of ether oxygens (including phenoxy) is 1. The topological polar surface area (TPSA) is 83.7 Å². The van der Waals surface area contributed by atoms with E-state index in [4.69, 9.17) is 9.15 Å². The number of urea groups is 1. The van der Waals surface area contributed by atoms with Crippen LogP contribution in [0.4, 0.5) is 4.79 Å². The number of rotatable bonds is 8. The predicted molar refractivity (Wildman–Crippen MR) is 80.1 cm³/mol. The summed E-state index contributed by atoms with van der Waals surface area (Å²) in [6, 6.07) is 3.03. The van der Waals surface area contributed by atoms with Crippen molar-refractivity contribution in [3.05, 3.63) is 23.7 Å². The molecular weight excluding hydrogens is 272 g/mol. The highest BCUT2D eigenvalue weighted by atomic mass is 16.5. The fourth-order valence-electron chi connectivity index (χ4n) is 1.88. The Morgan fingerprint density at radius 1 is 1.43 bits per heavy atom. The number of aliphatic hydroxyl groups excluding tert-OH is 1. The number of hydrogen-bond donors (Lipinski definition) is 3. The van der Waals surface area contributed by atoms with Crippen molar-refractivity contribution in [2.75, 3.05) is 20.3 Å². The zero-order valence-corrected chi connectivity index (χ0v) is 13.2. The molecule has 0 saturated heterocycles. The molecule has 2 atom stereocenters. The first-order valence-electron chi connectivity index (χ1n) is 7.21. The summed E-state index contributed by atoms with van der Waals surface area (Å²) in [6.07, 6.45) is 0.118. The summed E-state index contributed by atoms with van der Waals surface area (Å²) >= 11 is 0. The first-order chi connectivity index (χ1) is 9.93. The Hall–Kier alpha value is -1.53. The molecule has 0 saturated carbocycles. The molecule has 21 heavy (non-hydrogen) atoms. The second kappa shape index (κ2) is 8.69. The van der Waals surface area contributed by atoms with Gasteiger partial charge in [-0.3, -0.25) is 0 Å². The third-order valence-electron chi connectivity index (χ3n) is 3.24. The highest BCUT2D eigenvalue weighted by Gasteiger charge is 2.18. The molecule has 0 aliphatic carbocycles. The molecule has 0 aliphatic rings.